The van der Waals surface area contributed by atoms with Gasteiger partial charge in [-0.05, 0) is 67.8 Å². The van der Waals surface area contributed by atoms with Crippen molar-refractivity contribution in [3.05, 3.63) is 53.6 Å². The van der Waals surface area contributed by atoms with E-state index in [1.165, 1.54) is 11.3 Å². The van der Waals surface area contributed by atoms with Crippen LogP contribution in [0.1, 0.15) is 29.3 Å². The van der Waals surface area contributed by atoms with Crippen molar-refractivity contribution >= 4 is 23.0 Å². The number of hydrogen-bond donors (Lipinski definition) is 1. The first kappa shape index (κ1) is 16.4. The van der Waals surface area contributed by atoms with Crippen molar-refractivity contribution in [2.45, 2.75) is 19.8 Å². The molecule has 0 unspecified atom stereocenters. The minimum absolute atomic E-state index is 0.0650. The molecule has 0 aromatic heterocycles. The van der Waals surface area contributed by atoms with Gasteiger partial charge < -0.3 is 15.1 Å². The molecule has 2 aromatic carbocycles. The molecule has 4 nitrogen and oxygen atoms in total. The molecule has 3 rings (SSSR count). The number of fused-ring (bicyclic) bond motifs is 1. The van der Waals surface area contributed by atoms with Crippen LogP contribution in [0, 0.1) is 0 Å². The fourth-order valence-electron chi connectivity index (χ4n) is 3.12. The van der Waals surface area contributed by atoms with E-state index in [1.807, 2.05) is 37.4 Å². The average molecular weight is 323 g/mol. The average Bonchev–Trinajstić information content (AvgIpc) is 2.61. The number of nitrogens with zero attached hydrogens (tertiary/aromatic N) is 2. The monoisotopic (exact) mass is 323 g/mol. The van der Waals surface area contributed by atoms with E-state index in [4.69, 9.17) is 0 Å². The topological polar surface area (TPSA) is 35.6 Å². The van der Waals surface area contributed by atoms with E-state index < -0.39 is 0 Å². The normalized spacial score (nSPS) is 13.4. The Morgan fingerprint density at radius 1 is 1.21 bits per heavy atom. The van der Waals surface area contributed by atoms with E-state index in [0.29, 0.717) is 5.56 Å². The van der Waals surface area contributed by atoms with Crippen LogP contribution in [-0.2, 0) is 6.42 Å². The molecule has 1 aliphatic rings. The second kappa shape index (κ2) is 6.95. The van der Waals surface area contributed by atoms with E-state index in [1.54, 1.807) is 0 Å². The molecule has 0 atom stereocenters. The van der Waals surface area contributed by atoms with Crippen LogP contribution in [0.15, 0.2) is 42.5 Å². The van der Waals surface area contributed by atoms with Gasteiger partial charge in [-0.3, -0.25) is 4.79 Å². The number of amides is 1. The highest BCUT2D eigenvalue weighted by molar-refractivity contribution is 6.04. The van der Waals surface area contributed by atoms with Crippen molar-refractivity contribution in [3.8, 4) is 0 Å². The number of hydrogen-bond acceptors (Lipinski definition) is 3. The highest BCUT2D eigenvalue weighted by Crippen LogP contribution is 2.28. The second-order valence-electron chi connectivity index (χ2n) is 6.38. The zero-order chi connectivity index (χ0) is 17.1. The molecule has 126 valence electrons. The summed E-state index contributed by atoms with van der Waals surface area (Å²) in [6.45, 7) is 4.14. The van der Waals surface area contributed by atoms with Crippen LogP contribution in [0.3, 0.4) is 0 Å². The Morgan fingerprint density at radius 2 is 1.96 bits per heavy atom. The first-order chi connectivity index (χ1) is 11.6. The van der Waals surface area contributed by atoms with E-state index in [0.717, 1.165) is 37.3 Å². The molecule has 24 heavy (non-hydrogen) atoms. The van der Waals surface area contributed by atoms with Gasteiger partial charge in [0.1, 0.15) is 0 Å². The van der Waals surface area contributed by atoms with E-state index in [-0.39, 0.29) is 5.91 Å². The number of anilines is 3. The Kier molecular flexibility index (Phi) is 4.74. The quantitative estimate of drug-likeness (QED) is 0.930. The van der Waals surface area contributed by atoms with Crippen molar-refractivity contribution in [3.63, 3.8) is 0 Å². The third-order valence-corrected chi connectivity index (χ3v) is 4.73. The molecule has 2 aromatic rings. The number of aryl methyl sites for hydroxylation is 1. The van der Waals surface area contributed by atoms with Gasteiger partial charge >= 0.3 is 0 Å². The van der Waals surface area contributed by atoms with Crippen molar-refractivity contribution < 1.29 is 4.79 Å². The number of benzene rings is 2. The van der Waals surface area contributed by atoms with Crippen LogP contribution >= 0.6 is 0 Å². The molecule has 0 saturated heterocycles. The molecule has 0 aliphatic carbocycles. The number of rotatable bonds is 4. The Hall–Kier alpha value is -2.49. The van der Waals surface area contributed by atoms with Gasteiger partial charge in [-0.1, -0.05) is 0 Å². The minimum atomic E-state index is -0.0650. The molecule has 0 bridgehead atoms. The number of carbonyl (C=O) groups excluding carboxylic acids is 1. The maximum absolute atomic E-state index is 12.5. The van der Waals surface area contributed by atoms with E-state index in [9.17, 15) is 4.79 Å². The van der Waals surface area contributed by atoms with Crippen LogP contribution in [-0.4, -0.2) is 33.1 Å². The third kappa shape index (κ3) is 3.37. The molecule has 0 radical (unpaired) electrons. The molecule has 1 aliphatic heterocycles. The maximum atomic E-state index is 12.5. The summed E-state index contributed by atoms with van der Waals surface area (Å²) in [7, 11) is 4.16. The number of nitrogens with one attached hydrogen (secondary N) is 1. The van der Waals surface area contributed by atoms with Gasteiger partial charge in [0.15, 0.2) is 0 Å². The van der Waals surface area contributed by atoms with Crippen LogP contribution in [0.4, 0.5) is 17.1 Å². The number of carbonyl (C=O) groups is 1. The van der Waals surface area contributed by atoms with Gasteiger partial charge in [-0.2, -0.15) is 0 Å². The molecule has 1 amide bonds. The van der Waals surface area contributed by atoms with E-state index in [2.05, 4.69) is 41.2 Å². The van der Waals surface area contributed by atoms with Crippen LogP contribution < -0.4 is 15.1 Å². The first-order valence-corrected chi connectivity index (χ1v) is 8.55. The molecule has 0 spiro atoms. The molecular formula is C20H25N3O. The lowest BCUT2D eigenvalue weighted by Gasteiger charge is -2.27. The summed E-state index contributed by atoms with van der Waals surface area (Å²) < 4.78 is 0. The van der Waals surface area contributed by atoms with Crippen LogP contribution in [0.25, 0.3) is 0 Å². The highest BCUT2D eigenvalue weighted by Gasteiger charge is 2.14. The van der Waals surface area contributed by atoms with Crippen LogP contribution in [0.5, 0.6) is 0 Å². The van der Waals surface area contributed by atoms with Gasteiger partial charge in [0.2, 0.25) is 0 Å². The fraction of sp³-hybridized carbons (Fsp3) is 0.350. The SMILES string of the molecule is CCN(C)c1ccc(C(=O)Nc2ccc3c(c2)CCCN3C)cc1. The van der Waals surface area contributed by atoms with Crippen molar-refractivity contribution in [1.29, 1.82) is 0 Å². The summed E-state index contributed by atoms with van der Waals surface area (Å²) >= 11 is 0. The van der Waals surface area contributed by atoms with E-state index >= 15 is 0 Å². The lowest BCUT2D eigenvalue weighted by molar-refractivity contribution is 0.102. The summed E-state index contributed by atoms with van der Waals surface area (Å²) in [5.74, 6) is -0.0650. The lowest BCUT2D eigenvalue weighted by atomic mass is 10.0. The summed E-state index contributed by atoms with van der Waals surface area (Å²) in [5, 5.41) is 3.01. The summed E-state index contributed by atoms with van der Waals surface area (Å²) in [6, 6.07) is 13.9. The second-order valence-corrected chi connectivity index (χ2v) is 6.38. The van der Waals surface area contributed by atoms with Gasteiger partial charge in [0, 0.05) is 49.8 Å². The summed E-state index contributed by atoms with van der Waals surface area (Å²) in [5.41, 5.74) is 5.24. The smallest absolute Gasteiger partial charge is 0.255 e. The minimum Gasteiger partial charge on any atom is -0.375 e. The van der Waals surface area contributed by atoms with Gasteiger partial charge in [0.05, 0.1) is 0 Å². The standard InChI is InChI=1S/C20H25N3O/c1-4-22(2)18-10-7-15(8-11-18)20(24)21-17-9-12-19-16(14-17)6-5-13-23(19)3/h7-12,14H,4-6,13H2,1-3H3,(H,21,24). The Morgan fingerprint density at radius 3 is 2.67 bits per heavy atom. The van der Waals surface area contributed by atoms with Gasteiger partial charge in [-0.15, -0.1) is 0 Å². The maximum Gasteiger partial charge on any atom is 0.255 e. The molecule has 0 fully saturated rings. The van der Waals surface area contributed by atoms with Gasteiger partial charge in [-0.25, -0.2) is 0 Å². The largest absolute Gasteiger partial charge is 0.375 e. The first-order valence-electron chi connectivity index (χ1n) is 8.55. The lowest BCUT2D eigenvalue weighted by Crippen LogP contribution is -2.24. The highest BCUT2D eigenvalue weighted by atomic mass is 16.1. The fourth-order valence-corrected chi connectivity index (χ4v) is 3.12. The zero-order valence-corrected chi connectivity index (χ0v) is 14.7. The Labute approximate surface area is 144 Å². The summed E-state index contributed by atoms with van der Waals surface area (Å²) in [6.07, 6.45) is 2.23. The summed E-state index contributed by atoms with van der Waals surface area (Å²) in [4.78, 5) is 16.9. The van der Waals surface area contributed by atoms with Crippen molar-refractivity contribution in [2.24, 2.45) is 0 Å². The Bertz CT molecular complexity index is 724. The Balaban J connectivity index is 1.73. The molecule has 1 N–H and O–H groups in total. The third-order valence-electron chi connectivity index (χ3n) is 4.73. The zero-order valence-electron chi connectivity index (χ0n) is 14.7. The predicted octanol–water partition coefficient (Wildman–Crippen LogP) is 3.78. The van der Waals surface area contributed by atoms with Gasteiger partial charge in [0.25, 0.3) is 5.91 Å². The van der Waals surface area contributed by atoms with Crippen molar-refractivity contribution in [2.75, 3.05) is 42.3 Å². The molecule has 0 saturated carbocycles. The molecule has 1 heterocycles. The predicted molar refractivity (Wildman–Crippen MR) is 101 cm³/mol. The molecular weight excluding hydrogens is 298 g/mol. The molecule has 4 heteroatoms. The van der Waals surface area contributed by atoms with Crippen molar-refractivity contribution in [1.82, 2.24) is 0 Å². The van der Waals surface area contributed by atoms with Crippen LogP contribution in [0.2, 0.25) is 0 Å².